The summed E-state index contributed by atoms with van der Waals surface area (Å²) in [6, 6.07) is 9.59. The summed E-state index contributed by atoms with van der Waals surface area (Å²) < 4.78 is 6.47. The van der Waals surface area contributed by atoms with Crippen molar-refractivity contribution in [1.29, 1.82) is 0 Å². The number of benzene rings is 2. The summed E-state index contributed by atoms with van der Waals surface area (Å²) in [6.07, 6.45) is 1.22. The van der Waals surface area contributed by atoms with Crippen LogP contribution in [0.5, 0.6) is 5.75 Å². The van der Waals surface area contributed by atoms with Crippen LogP contribution in [-0.4, -0.2) is 35.4 Å². The molecule has 0 unspecified atom stereocenters. The van der Waals surface area contributed by atoms with Crippen molar-refractivity contribution in [3.05, 3.63) is 61.5 Å². The molecule has 0 aliphatic rings. The van der Waals surface area contributed by atoms with Gasteiger partial charge in [-0.15, -0.1) is 0 Å². The second-order valence-electron chi connectivity index (χ2n) is 7.38. The first-order chi connectivity index (χ1) is 15.2. The number of carbonyl (C=O) groups is 2. The molecular formula is C23H26BrCl3N2O3. The van der Waals surface area contributed by atoms with E-state index >= 15 is 0 Å². The monoisotopic (exact) mass is 562 g/mol. The molecule has 5 nitrogen and oxygen atoms in total. The van der Waals surface area contributed by atoms with E-state index in [1.54, 1.807) is 36.4 Å². The molecule has 0 spiro atoms. The molecule has 0 saturated heterocycles. The SMILES string of the molecule is CC[C@@H](C)NC(=O)[C@@H](CC)N(Cc1ccc(Cl)c(Cl)c1)C(=O)COc1ccc(Br)cc1Cl. The van der Waals surface area contributed by atoms with Crippen molar-refractivity contribution in [2.45, 2.75) is 52.2 Å². The quantitative estimate of drug-likeness (QED) is 0.358. The van der Waals surface area contributed by atoms with Crippen LogP contribution in [-0.2, 0) is 16.1 Å². The predicted molar refractivity (Wildman–Crippen MR) is 134 cm³/mol. The minimum atomic E-state index is -0.671. The summed E-state index contributed by atoms with van der Waals surface area (Å²) in [5.74, 6) is -0.173. The molecule has 0 bridgehead atoms. The second kappa shape index (κ2) is 12.7. The molecule has 2 aromatic rings. The third-order valence-corrected chi connectivity index (χ3v) is 6.50. The first-order valence-corrected chi connectivity index (χ1v) is 12.2. The van der Waals surface area contributed by atoms with E-state index in [1.165, 1.54) is 4.90 Å². The lowest BCUT2D eigenvalue weighted by Gasteiger charge is -2.31. The van der Waals surface area contributed by atoms with Crippen LogP contribution >= 0.6 is 50.7 Å². The van der Waals surface area contributed by atoms with Crippen LogP contribution in [0.15, 0.2) is 40.9 Å². The number of hydrogen-bond donors (Lipinski definition) is 1. The summed E-state index contributed by atoms with van der Waals surface area (Å²) in [5.41, 5.74) is 0.754. The number of hydrogen-bond acceptors (Lipinski definition) is 3. The van der Waals surface area contributed by atoms with E-state index in [4.69, 9.17) is 39.5 Å². The summed E-state index contributed by atoms with van der Waals surface area (Å²) in [6.45, 7) is 5.69. The van der Waals surface area contributed by atoms with Crippen LogP contribution in [0.25, 0.3) is 0 Å². The topological polar surface area (TPSA) is 58.6 Å². The molecule has 0 heterocycles. The number of ether oxygens (including phenoxy) is 1. The number of amides is 2. The fraction of sp³-hybridized carbons (Fsp3) is 0.391. The van der Waals surface area contributed by atoms with Gasteiger partial charge in [0, 0.05) is 17.1 Å². The summed E-state index contributed by atoms with van der Waals surface area (Å²) >= 11 is 21.7. The van der Waals surface area contributed by atoms with Crippen molar-refractivity contribution in [2.75, 3.05) is 6.61 Å². The van der Waals surface area contributed by atoms with E-state index in [2.05, 4.69) is 21.2 Å². The van der Waals surface area contributed by atoms with Crippen molar-refractivity contribution < 1.29 is 14.3 Å². The van der Waals surface area contributed by atoms with Gasteiger partial charge in [0.2, 0.25) is 5.91 Å². The Balaban J connectivity index is 2.26. The number of carbonyl (C=O) groups excluding carboxylic acids is 2. The molecule has 1 N–H and O–H groups in total. The van der Waals surface area contributed by atoms with Crippen LogP contribution in [0.1, 0.15) is 39.2 Å². The van der Waals surface area contributed by atoms with Crippen LogP contribution < -0.4 is 10.1 Å². The first-order valence-electron chi connectivity index (χ1n) is 10.3. The zero-order chi connectivity index (χ0) is 23.8. The third-order valence-electron chi connectivity index (χ3n) is 4.97. The van der Waals surface area contributed by atoms with Gasteiger partial charge >= 0.3 is 0 Å². The standard InChI is InChI=1S/C23H26BrCl3N2O3/c1-4-14(3)28-23(31)20(5-2)29(12-15-6-8-17(25)18(26)10-15)22(30)13-32-21-9-7-16(24)11-19(21)27/h6-11,14,20H,4-5,12-13H2,1-3H3,(H,28,31)/t14-,20-/m1/s1. The number of nitrogens with one attached hydrogen (secondary N) is 1. The smallest absolute Gasteiger partial charge is 0.261 e. The zero-order valence-electron chi connectivity index (χ0n) is 18.1. The Labute approximate surface area is 212 Å². The zero-order valence-corrected chi connectivity index (χ0v) is 22.0. The average Bonchev–Trinajstić information content (AvgIpc) is 2.75. The Bertz CT molecular complexity index is 958. The van der Waals surface area contributed by atoms with Crippen LogP contribution in [0.3, 0.4) is 0 Å². The van der Waals surface area contributed by atoms with Gasteiger partial charge in [0.25, 0.3) is 5.91 Å². The molecule has 9 heteroatoms. The van der Waals surface area contributed by atoms with Gasteiger partial charge in [0.1, 0.15) is 11.8 Å². The fourth-order valence-electron chi connectivity index (χ4n) is 3.01. The molecule has 2 atom stereocenters. The highest BCUT2D eigenvalue weighted by Crippen LogP contribution is 2.28. The number of halogens is 4. The lowest BCUT2D eigenvalue weighted by molar-refractivity contribution is -0.143. The number of rotatable bonds is 10. The Hall–Kier alpha value is -1.47. The molecule has 2 rings (SSSR count). The molecule has 32 heavy (non-hydrogen) atoms. The second-order valence-corrected chi connectivity index (χ2v) is 9.51. The predicted octanol–water partition coefficient (Wildman–Crippen LogP) is 6.51. The van der Waals surface area contributed by atoms with Crippen molar-refractivity contribution in [3.63, 3.8) is 0 Å². The molecule has 0 radical (unpaired) electrons. The largest absolute Gasteiger partial charge is 0.482 e. The maximum Gasteiger partial charge on any atom is 0.261 e. The van der Waals surface area contributed by atoms with Crippen molar-refractivity contribution in [3.8, 4) is 5.75 Å². The summed E-state index contributed by atoms with van der Waals surface area (Å²) in [4.78, 5) is 27.7. The van der Waals surface area contributed by atoms with E-state index in [9.17, 15) is 9.59 Å². The van der Waals surface area contributed by atoms with E-state index < -0.39 is 6.04 Å². The van der Waals surface area contributed by atoms with E-state index in [0.29, 0.717) is 27.2 Å². The Morgan fingerprint density at radius 2 is 1.75 bits per heavy atom. The Morgan fingerprint density at radius 3 is 2.34 bits per heavy atom. The first kappa shape index (κ1) is 26.8. The highest BCUT2D eigenvalue weighted by Gasteiger charge is 2.29. The molecule has 0 aliphatic carbocycles. The summed E-state index contributed by atoms with van der Waals surface area (Å²) in [5, 5.41) is 4.14. The molecular weight excluding hydrogens is 539 g/mol. The highest BCUT2D eigenvalue weighted by atomic mass is 79.9. The fourth-order valence-corrected chi connectivity index (χ4v) is 4.06. The van der Waals surface area contributed by atoms with E-state index in [-0.39, 0.29) is 31.0 Å². The van der Waals surface area contributed by atoms with Gasteiger partial charge in [0.15, 0.2) is 6.61 Å². The molecule has 2 amide bonds. The van der Waals surface area contributed by atoms with Gasteiger partial charge in [-0.25, -0.2) is 0 Å². The van der Waals surface area contributed by atoms with Gasteiger partial charge in [-0.3, -0.25) is 9.59 Å². The van der Waals surface area contributed by atoms with Gasteiger partial charge in [-0.05, 0) is 55.7 Å². The third kappa shape index (κ3) is 7.55. The Kier molecular flexibility index (Phi) is 10.6. The number of nitrogens with zero attached hydrogens (tertiary/aromatic N) is 1. The van der Waals surface area contributed by atoms with Crippen LogP contribution in [0, 0.1) is 0 Å². The Morgan fingerprint density at radius 1 is 1.03 bits per heavy atom. The van der Waals surface area contributed by atoms with Crippen LogP contribution in [0.2, 0.25) is 15.1 Å². The molecule has 0 aromatic heterocycles. The molecule has 0 aliphatic heterocycles. The molecule has 2 aromatic carbocycles. The van der Waals surface area contributed by atoms with Crippen molar-refractivity contribution in [1.82, 2.24) is 10.2 Å². The molecule has 0 fully saturated rings. The van der Waals surface area contributed by atoms with Crippen molar-refractivity contribution in [2.24, 2.45) is 0 Å². The van der Waals surface area contributed by atoms with Crippen LogP contribution in [0.4, 0.5) is 0 Å². The van der Waals surface area contributed by atoms with Gasteiger partial charge in [0.05, 0.1) is 15.1 Å². The summed E-state index contributed by atoms with van der Waals surface area (Å²) in [7, 11) is 0. The lowest BCUT2D eigenvalue weighted by atomic mass is 10.1. The molecule has 174 valence electrons. The minimum Gasteiger partial charge on any atom is -0.482 e. The van der Waals surface area contributed by atoms with Gasteiger partial charge in [-0.2, -0.15) is 0 Å². The lowest BCUT2D eigenvalue weighted by Crippen LogP contribution is -2.51. The minimum absolute atomic E-state index is 0.00343. The maximum atomic E-state index is 13.2. The maximum absolute atomic E-state index is 13.2. The van der Waals surface area contributed by atoms with E-state index in [1.807, 2.05) is 20.8 Å². The van der Waals surface area contributed by atoms with Crippen molar-refractivity contribution >= 4 is 62.5 Å². The van der Waals surface area contributed by atoms with Gasteiger partial charge < -0.3 is 15.0 Å². The van der Waals surface area contributed by atoms with E-state index in [0.717, 1.165) is 16.5 Å². The average molecular weight is 565 g/mol. The highest BCUT2D eigenvalue weighted by molar-refractivity contribution is 9.10. The normalized spacial score (nSPS) is 12.7. The van der Waals surface area contributed by atoms with Gasteiger partial charge in [-0.1, -0.05) is 70.6 Å². The molecule has 0 saturated carbocycles.